The molecular formula is C17H16BrNO3. The molecule has 0 heterocycles. The Labute approximate surface area is 137 Å². The van der Waals surface area contributed by atoms with Gasteiger partial charge in [-0.15, -0.1) is 0 Å². The topological polar surface area (TPSA) is 52.4 Å². The summed E-state index contributed by atoms with van der Waals surface area (Å²) in [5.41, 5.74) is 1.96. The molecule has 0 aliphatic rings. The van der Waals surface area contributed by atoms with Crippen molar-refractivity contribution in [2.45, 2.75) is 13.3 Å². The molecule has 0 aromatic heterocycles. The van der Waals surface area contributed by atoms with Gasteiger partial charge in [0.1, 0.15) is 5.75 Å². The molecule has 0 bridgehead atoms. The van der Waals surface area contributed by atoms with Crippen molar-refractivity contribution in [2.24, 2.45) is 0 Å². The molecule has 2 aromatic carbocycles. The Morgan fingerprint density at radius 2 is 1.91 bits per heavy atom. The number of hydrogen-bond acceptors (Lipinski definition) is 3. The first-order valence-corrected chi connectivity index (χ1v) is 7.74. The van der Waals surface area contributed by atoms with Gasteiger partial charge in [-0.05, 0) is 36.2 Å². The molecule has 0 aliphatic heterocycles. The van der Waals surface area contributed by atoms with Crippen molar-refractivity contribution in [3.63, 3.8) is 0 Å². The fraction of sp³-hybridized carbons (Fsp3) is 0.176. The first-order chi connectivity index (χ1) is 10.6. The van der Waals surface area contributed by atoms with Crippen LogP contribution in [0.15, 0.2) is 46.9 Å². The summed E-state index contributed by atoms with van der Waals surface area (Å²) in [5, 5.41) is 10.6. The zero-order valence-electron chi connectivity index (χ0n) is 12.2. The number of nitrogens with zero attached hydrogens (tertiary/aromatic N) is 1. The molecule has 0 unspecified atom stereocenters. The Kier molecular flexibility index (Phi) is 5.72. The van der Waals surface area contributed by atoms with Gasteiger partial charge in [-0.1, -0.05) is 41.1 Å². The Hall–Kier alpha value is -2.14. The van der Waals surface area contributed by atoms with Crippen molar-refractivity contribution in [3.8, 4) is 5.75 Å². The summed E-state index contributed by atoms with van der Waals surface area (Å²) >= 11 is 3.44. The lowest BCUT2D eigenvalue weighted by Gasteiger charge is -2.08. The van der Waals surface area contributed by atoms with E-state index >= 15 is 0 Å². The van der Waals surface area contributed by atoms with Gasteiger partial charge in [-0.2, -0.15) is 0 Å². The van der Waals surface area contributed by atoms with Crippen molar-refractivity contribution in [1.29, 1.82) is 0 Å². The van der Waals surface area contributed by atoms with Crippen molar-refractivity contribution in [1.82, 2.24) is 0 Å². The molecule has 2 rings (SSSR count). The average Bonchev–Trinajstić information content (AvgIpc) is 2.52. The highest BCUT2D eigenvalue weighted by atomic mass is 79.9. The van der Waals surface area contributed by atoms with E-state index < -0.39 is 4.92 Å². The average molecular weight is 362 g/mol. The van der Waals surface area contributed by atoms with Gasteiger partial charge in [-0.3, -0.25) is 10.1 Å². The number of hydrogen-bond donors (Lipinski definition) is 0. The molecule has 0 aliphatic carbocycles. The normalized spacial score (nSPS) is 10.8. The fourth-order valence-electron chi connectivity index (χ4n) is 1.88. The van der Waals surface area contributed by atoms with Crippen LogP contribution < -0.4 is 4.74 Å². The zero-order valence-corrected chi connectivity index (χ0v) is 13.7. The maximum Gasteiger partial charge on any atom is 0.269 e. The first-order valence-electron chi connectivity index (χ1n) is 6.95. The summed E-state index contributed by atoms with van der Waals surface area (Å²) in [6, 6.07) is 12.3. The van der Waals surface area contributed by atoms with Gasteiger partial charge in [0.25, 0.3) is 5.69 Å². The lowest BCUT2D eigenvalue weighted by molar-refractivity contribution is -0.384. The molecule has 0 atom stereocenters. The molecule has 114 valence electrons. The number of ether oxygens (including phenoxy) is 1. The monoisotopic (exact) mass is 361 g/mol. The summed E-state index contributed by atoms with van der Waals surface area (Å²) < 4.78 is 6.70. The fourth-order valence-corrected chi connectivity index (χ4v) is 2.22. The third-order valence-corrected chi connectivity index (χ3v) is 3.49. The lowest BCUT2D eigenvalue weighted by atomic mass is 10.1. The van der Waals surface area contributed by atoms with Gasteiger partial charge in [0.2, 0.25) is 0 Å². The van der Waals surface area contributed by atoms with E-state index in [0.29, 0.717) is 6.61 Å². The quantitative estimate of drug-likeness (QED) is 0.397. The van der Waals surface area contributed by atoms with Gasteiger partial charge < -0.3 is 4.74 Å². The van der Waals surface area contributed by atoms with Gasteiger partial charge in [0, 0.05) is 22.2 Å². The van der Waals surface area contributed by atoms with Gasteiger partial charge >= 0.3 is 0 Å². The maximum atomic E-state index is 10.6. The highest BCUT2D eigenvalue weighted by molar-refractivity contribution is 9.10. The molecule has 0 amide bonds. The molecule has 0 N–H and O–H groups in total. The van der Waals surface area contributed by atoms with Crippen LogP contribution in [0, 0.1) is 10.1 Å². The number of benzene rings is 2. The van der Waals surface area contributed by atoms with Crippen LogP contribution in [0.3, 0.4) is 0 Å². The van der Waals surface area contributed by atoms with Crippen molar-refractivity contribution >= 4 is 33.8 Å². The Balaban J connectivity index is 2.20. The van der Waals surface area contributed by atoms with E-state index in [1.54, 1.807) is 12.1 Å². The molecule has 4 nitrogen and oxygen atoms in total. The molecule has 0 saturated heterocycles. The number of nitro benzene ring substituents is 1. The number of nitro groups is 1. The van der Waals surface area contributed by atoms with E-state index in [2.05, 4.69) is 22.9 Å². The van der Waals surface area contributed by atoms with E-state index in [4.69, 9.17) is 4.74 Å². The van der Waals surface area contributed by atoms with Crippen LogP contribution in [0.1, 0.15) is 24.5 Å². The van der Waals surface area contributed by atoms with Crippen molar-refractivity contribution < 1.29 is 9.66 Å². The standard InChI is InChI=1S/C17H16BrNO3/c1-2-11-22-17-12-15(18)8-7-14(17)6-3-13-4-9-16(10-5-13)19(20)21/h3-10,12H,2,11H2,1H3/b6-3+. The second-order valence-corrected chi connectivity index (χ2v) is 5.63. The minimum Gasteiger partial charge on any atom is -0.493 e. The highest BCUT2D eigenvalue weighted by Crippen LogP contribution is 2.26. The molecule has 0 spiro atoms. The molecule has 2 aromatic rings. The lowest BCUT2D eigenvalue weighted by Crippen LogP contribution is -1.96. The van der Waals surface area contributed by atoms with Gasteiger partial charge in [-0.25, -0.2) is 0 Å². The van der Waals surface area contributed by atoms with E-state index in [9.17, 15) is 10.1 Å². The largest absolute Gasteiger partial charge is 0.493 e. The van der Waals surface area contributed by atoms with Crippen LogP contribution in [-0.4, -0.2) is 11.5 Å². The number of non-ortho nitro benzene ring substituents is 1. The number of rotatable bonds is 6. The van der Waals surface area contributed by atoms with Crippen LogP contribution in [0.2, 0.25) is 0 Å². The summed E-state index contributed by atoms with van der Waals surface area (Å²) in [5.74, 6) is 0.814. The molecular weight excluding hydrogens is 346 g/mol. The van der Waals surface area contributed by atoms with Crippen LogP contribution >= 0.6 is 15.9 Å². The van der Waals surface area contributed by atoms with E-state index in [1.165, 1.54) is 12.1 Å². The van der Waals surface area contributed by atoms with E-state index in [1.807, 2.05) is 30.4 Å². The van der Waals surface area contributed by atoms with E-state index in [-0.39, 0.29) is 5.69 Å². The summed E-state index contributed by atoms with van der Waals surface area (Å²) in [6.45, 7) is 2.72. The minimum absolute atomic E-state index is 0.0905. The summed E-state index contributed by atoms with van der Waals surface area (Å²) in [4.78, 5) is 10.2. The van der Waals surface area contributed by atoms with Gasteiger partial charge in [0.15, 0.2) is 0 Å². The predicted molar refractivity (Wildman–Crippen MR) is 92.0 cm³/mol. The Bertz CT molecular complexity index is 681. The van der Waals surface area contributed by atoms with Crippen LogP contribution in [0.25, 0.3) is 12.2 Å². The summed E-state index contributed by atoms with van der Waals surface area (Å²) in [6.07, 6.45) is 4.79. The van der Waals surface area contributed by atoms with Crippen LogP contribution in [0.4, 0.5) is 5.69 Å². The predicted octanol–water partition coefficient (Wildman–Crippen LogP) is 5.32. The highest BCUT2D eigenvalue weighted by Gasteiger charge is 2.04. The minimum atomic E-state index is -0.404. The summed E-state index contributed by atoms with van der Waals surface area (Å²) in [7, 11) is 0. The molecule has 0 radical (unpaired) electrons. The second kappa shape index (κ2) is 7.75. The maximum absolute atomic E-state index is 10.6. The third-order valence-electron chi connectivity index (χ3n) is 3.00. The zero-order chi connectivity index (χ0) is 15.9. The van der Waals surface area contributed by atoms with Crippen molar-refractivity contribution in [3.05, 3.63) is 68.2 Å². The Morgan fingerprint density at radius 1 is 1.18 bits per heavy atom. The second-order valence-electron chi connectivity index (χ2n) is 4.71. The van der Waals surface area contributed by atoms with Crippen molar-refractivity contribution in [2.75, 3.05) is 6.61 Å². The van der Waals surface area contributed by atoms with Gasteiger partial charge in [0.05, 0.1) is 11.5 Å². The van der Waals surface area contributed by atoms with E-state index in [0.717, 1.165) is 27.8 Å². The SMILES string of the molecule is CCCOc1cc(Br)ccc1/C=C/c1ccc([N+](=O)[O-])cc1. The molecule has 0 saturated carbocycles. The third kappa shape index (κ3) is 4.43. The molecule has 0 fully saturated rings. The first kappa shape index (κ1) is 16.2. The number of halogens is 1. The van der Waals surface area contributed by atoms with Crippen LogP contribution in [-0.2, 0) is 0 Å². The molecule has 22 heavy (non-hydrogen) atoms. The van der Waals surface area contributed by atoms with Crippen LogP contribution in [0.5, 0.6) is 5.75 Å². The molecule has 5 heteroatoms. The Morgan fingerprint density at radius 3 is 2.55 bits per heavy atom. The smallest absolute Gasteiger partial charge is 0.269 e.